The van der Waals surface area contributed by atoms with E-state index in [0.717, 1.165) is 35.3 Å². The summed E-state index contributed by atoms with van der Waals surface area (Å²) in [6.07, 6.45) is -0.954. The number of hydrogen-bond acceptors (Lipinski definition) is 25. The molecule has 0 bridgehead atoms. The van der Waals surface area contributed by atoms with Gasteiger partial charge in [0.2, 0.25) is 23.5 Å². The molecule has 10 rings (SSSR count). The first-order valence-electron chi connectivity index (χ1n) is 36.0. The molecule has 0 radical (unpaired) electrons. The van der Waals surface area contributed by atoms with Gasteiger partial charge in [-0.3, -0.25) is 29.2 Å². The van der Waals surface area contributed by atoms with Crippen LogP contribution in [0.3, 0.4) is 0 Å². The number of nitro benzene ring substituents is 1. The van der Waals surface area contributed by atoms with Crippen LogP contribution in [0.5, 0.6) is 17.2 Å². The first-order chi connectivity index (χ1) is 52.9. The van der Waals surface area contributed by atoms with Gasteiger partial charge in [0, 0.05) is 129 Å². The Morgan fingerprint density at radius 3 is 2.05 bits per heavy atom. The SMILES string of the molecule is COc1cc(/N=N/c2ccc([N+](=O)[O-])cc2)c(OC)cc1/N=N/c1ccc(N(C)CCCC(=O)NCCc2ccc(O[C@@H]3O[C@H](COCCCCn4cc(CNC(=O)[C@@H](CCCCN(C)C)NC(=O)c5ccc(-c6c7ccc(=[N+](C)C)cc-7oc7cc(N(C)C)ccc67)c(C(=O)[O-])c5)nn4)[C@@H](O)[C@H](O)[C@H]3O)cc2)cc1. The number of aromatic carboxylic acids is 1. The molecule has 6 atom stereocenters. The summed E-state index contributed by atoms with van der Waals surface area (Å²) in [5.74, 6) is -1.06. The van der Waals surface area contributed by atoms with Crippen LogP contribution in [0.4, 0.5) is 39.8 Å². The van der Waals surface area contributed by atoms with Gasteiger partial charge in [-0.05, 0) is 156 Å². The molecule has 110 heavy (non-hydrogen) atoms. The predicted molar refractivity (Wildman–Crippen MR) is 410 cm³/mol. The Bertz CT molecular complexity index is 4760. The molecule has 6 aromatic carbocycles. The molecule has 7 aromatic rings. The highest BCUT2D eigenvalue weighted by Crippen LogP contribution is 2.44. The molecule has 1 aromatic heterocycles. The maximum absolute atomic E-state index is 14.1. The zero-order chi connectivity index (χ0) is 78.5. The first-order valence-corrected chi connectivity index (χ1v) is 36.0. The molecule has 3 amide bonds. The van der Waals surface area contributed by atoms with Gasteiger partial charge in [-0.25, -0.2) is 4.58 Å². The number of amides is 3. The Hall–Kier alpha value is -11.6. The number of nitrogens with zero attached hydrogens (tertiary/aromatic N) is 12. The lowest BCUT2D eigenvalue weighted by Crippen LogP contribution is -2.60. The van der Waals surface area contributed by atoms with Gasteiger partial charge < -0.3 is 84.0 Å². The zero-order valence-electron chi connectivity index (χ0n) is 62.9. The number of unbranched alkanes of at least 4 members (excludes halogenated alkanes) is 2. The highest BCUT2D eigenvalue weighted by atomic mass is 16.7. The summed E-state index contributed by atoms with van der Waals surface area (Å²) in [6.45, 7) is 2.40. The van der Waals surface area contributed by atoms with Gasteiger partial charge in [0.25, 0.3) is 11.6 Å². The maximum Gasteiger partial charge on any atom is 0.269 e. The Balaban J connectivity index is 0.628. The molecule has 3 aliphatic rings. The molecule has 0 spiro atoms. The number of aliphatic hydroxyl groups excluding tert-OH is 3. The fraction of sp³-hybridized carbons (Fsp3) is 0.380. The van der Waals surface area contributed by atoms with E-state index in [0.29, 0.717) is 144 Å². The topological polar surface area (TPSA) is 383 Å². The third-order valence-electron chi connectivity index (χ3n) is 18.6. The molecule has 1 saturated heterocycles. The van der Waals surface area contributed by atoms with Gasteiger partial charge in [0.15, 0.2) is 0 Å². The number of carboxylic acid groups (broad SMARTS) is 1. The van der Waals surface area contributed by atoms with Crippen LogP contribution in [0.2, 0.25) is 0 Å². The quantitative estimate of drug-likeness (QED) is 0.00531. The van der Waals surface area contributed by atoms with E-state index in [1.807, 2.05) is 141 Å². The number of carbonyl (C=O) groups excluding carboxylic acids is 4. The van der Waals surface area contributed by atoms with Gasteiger partial charge in [-0.1, -0.05) is 23.4 Å². The van der Waals surface area contributed by atoms with Gasteiger partial charge in [-0.15, -0.1) is 15.3 Å². The number of nitrogens with one attached hydrogen (secondary N) is 3. The monoisotopic (exact) mass is 1510 g/mol. The minimum atomic E-state index is -1.58. The largest absolute Gasteiger partial charge is 0.545 e. The van der Waals surface area contributed by atoms with Crippen LogP contribution < -0.4 is 55.0 Å². The fourth-order valence-corrected chi connectivity index (χ4v) is 12.3. The second-order valence-electron chi connectivity index (χ2n) is 27.3. The van der Waals surface area contributed by atoms with Crippen molar-refractivity contribution in [2.45, 2.75) is 101 Å². The Labute approximate surface area is 635 Å². The van der Waals surface area contributed by atoms with Gasteiger partial charge >= 0.3 is 0 Å². The number of nitro groups is 1. The standard InChI is InChI=1S/C79H93N15O16/c1-89(2)37-11-10-15-63(82-76(99)50-19-32-59(62(41-50)78(101)102)72-60-33-28-56(90(3)4)42-66(60)109-67-43-57(91(5)6)29-34-61(67)72)77(100)81-46-53-47-93(88-85-53)39-12-13-40-107-48-70-73(96)74(97)75(98)79(110-70)108-58-30-17-49(18-31-58)35-36-80-71(95)16-14-38-92(7)54-24-20-51(21-25-54)83-86-64-44-69(106-9)65(45-68(64)105-8)87-84-52-22-26-55(27-23-52)94(103)104/h17-34,41-45,47,63,70,73-75,79,96-98H,10-16,35-40,46,48H2,1-9H3,(H3-,80,81,82,95,99,100,101,102)/b86-83+,87-84+/t63-,70-,73-,74+,75-,79-/m1/s1. The van der Waals surface area contributed by atoms with Gasteiger partial charge in [0.1, 0.15) is 90.2 Å². The van der Waals surface area contributed by atoms with Gasteiger partial charge in [-0.2, -0.15) is 10.2 Å². The average Bonchev–Trinajstić information content (AvgIpc) is 0.952. The minimum Gasteiger partial charge on any atom is -0.545 e. The molecule has 580 valence electrons. The molecular weight excluding hydrogens is 1410 g/mol. The maximum atomic E-state index is 14.1. The lowest BCUT2D eigenvalue weighted by Gasteiger charge is -2.40. The Morgan fingerprint density at radius 1 is 0.718 bits per heavy atom. The van der Waals surface area contributed by atoms with E-state index < -0.39 is 59.5 Å². The molecule has 31 heteroatoms. The number of benzene rings is 7. The average molecular weight is 1510 g/mol. The van der Waals surface area contributed by atoms with Crippen molar-refractivity contribution in [1.82, 2.24) is 40.4 Å². The number of aryl methyl sites for hydroxylation is 1. The fourth-order valence-electron chi connectivity index (χ4n) is 12.3. The highest BCUT2D eigenvalue weighted by Gasteiger charge is 2.45. The van der Waals surface area contributed by atoms with E-state index in [-0.39, 0.29) is 42.5 Å². The summed E-state index contributed by atoms with van der Waals surface area (Å²) in [6, 6.07) is 38.2. The van der Waals surface area contributed by atoms with Crippen LogP contribution in [0.25, 0.3) is 33.4 Å². The number of fused-ring (bicyclic) bond motifs is 2. The number of aliphatic hydroxyl groups is 3. The number of aromatic nitrogens is 3. The summed E-state index contributed by atoms with van der Waals surface area (Å²) in [5.41, 5.74) is 6.81. The number of methoxy groups -OCH3 is 2. The third-order valence-corrected chi connectivity index (χ3v) is 18.6. The smallest absolute Gasteiger partial charge is 0.269 e. The number of anilines is 2. The summed E-state index contributed by atoms with van der Waals surface area (Å²) in [7, 11) is 16.5. The molecule has 2 aliphatic heterocycles. The molecule has 6 N–H and O–H groups in total. The van der Waals surface area contributed by atoms with Crippen molar-refractivity contribution in [3.63, 3.8) is 0 Å². The number of azo groups is 2. The minimum absolute atomic E-state index is 0.0136. The van der Waals surface area contributed by atoms with Crippen molar-refractivity contribution in [2.75, 3.05) is 106 Å². The van der Waals surface area contributed by atoms with E-state index in [2.05, 4.69) is 46.7 Å². The van der Waals surface area contributed by atoms with Crippen LogP contribution in [0.1, 0.15) is 76.9 Å². The number of hydrogen-bond donors (Lipinski definition) is 6. The van der Waals surface area contributed by atoms with Crippen molar-refractivity contribution in [3.05, 3.63) is 184 Å². The van der Waals surface area contributed by atoms with Crippen molar-refractivity contribution >= 4 is 74.5 Å². The van der Waals surface area contributed by atoms with Crippen LogP contribution in [0.15, 0.2) is 171 Å². The van der Waals surface area contributed by atoms with Crippen molar-refractivity contribution < 1.29 is 72.6 Å². The summed E-state index contributed by atoms with van der Waals surface area (Å²) >= 11 is 0. The zero-order valence-corrected chi connectivity index (χ0v) is 62.9. The van der Waals surface area contributed by atoms with E-state index in [1.165, 1.54) is 44.6 Å². The number of carboxylic acids is 1. The molecule has 0 unspecified atom stereocenters. The van der Waals surface area contributed by atoms with Crippen LogP contribution in [-0.4, -0.2) is 197 Å². The van der Waals surface area contributed by atoms with E-state index in [4.69, 9.17) is 28.1 Å². The predicted octanol–water partition coefficient (Wildman–Crippen LogP) is 8.42. The van der Waals surface area contributed by atoms with Crippen molar-refractivity contribution in [1.29, 1.82) is 0 Å². The molecule has 0 saturated carbocycles. The van der Waals surface area contributed by atoms with Gasteiger partial charge in [0.05, 0.1) is 61.9 Å². The first kappa shape index (κ1) is 80.9. The lowest BCUT2D eigenvalue weighted by atomic mass is 9.89. The van der Waals surface area contributed by atoms with Crippen LogP contribution >= 0.6 is 0 Å². The highest BCUT2D eigenvalue weighted by molar-refractivity contribution is 6.09. The van der Waals surface area contributed by atoms with E-state index >= 15 is 0 Å². The second-order valence-corrected chi connectivity index (χ2v) is 27.3. The van der Waals surface area contributed by atoms with E-state index in [1.54, 1.807) is 47.3 Å². The number of carbonyl (C=O) groups is 4. The molecule has 1 aliphatic carbocycles. The second kappa shape index (κ2) is 38.5. The molecule has 3 heterocycles. The number of ether oxygens (including phenoxy) is 5. The summed E-state index contributed by atoms with van der Waals surface area (Å²) < 4.78 is 38.8. The molecule has 31 nitrogen and oxygen atoms in total. The van der Waals surface area contributed by atoms with E-state index in [9.17, 15) is 49.7 Å². The lowest BCUT2D eigenvalue weighted by molar-refractivity contribution is -0.384. The van der Waals surface area contributed by atoms with Crippen molar-refractivity contribution in [2.24, 2.45) is 20.5 Å². The Kier molecular flexibility index (Phi) is 28.3. The van der Waals surface area contributed by atoms with Crippen molar-refractivity contribution in [3.8, 4) is 39.7 Å². The normalized spacial score (nSPS) is 16.0. The number of non-ortho nitro benzene ring substituents is 1. The third kappa shape index (κ3) is 21.6. The van der Waals surface area contributed by atoms with Crippen LogP contribution in [-0.2, 0) is 38.6 Å². The molecular formula is C79H93N15O16. The summed E-state index contributed by atoms with van der Waals surface area (Å²) in [4.78, 5) is 70.5. The number of rotatable bonds is 37. The van der Waals surface area contributed by atoms with Crippen LogP contribution in [0, 0.1) is 10.1 Å². The Morgan fingerprint density at radius 2 is 1.40 bits per heavy atom. The summed E-state index contributed by atoms with van der Waals surface area (Å²) in [5, 5.41) is 92.5. The molecule has 1 fully saturated rings.